The van der Waals surface area contributed by atoms with Crippen molar-refractivity contribution in [3.63, 3.8) is 0 Å². The number of amides is 1. The van der Waals surface area contributed by atoms with E-state index in [0.717, 1.165) is 23.4 Å². The fourth-order valence-electron chi connectivity index (χ4n) is 5.19. The van der Waals surface area contributed by atoms with E-state index in [1.54, 1.807) is 18.3 Å². The summed E-state index contributed by atoms with van der Waals surface area (Å²) in [4.78, 5) is 29.9. The molecule has 2 saturated heterocycles. The van der Waals surface area contributed by atoms with E-state index in [1.807, 2.05) is 4.90 Å². The highest BCUT2D eigenvalue weighted by molar-refractivity contribution is 5.85. The number of halogens is 1. The van der Waals surface area contributed by atoms with Crippen LogP contribution in [-0.4, -0.2) is 84.7 Å². The van der Waals surface area contributed by atoms with Gasteiger partial charge >= 0.3 is 0 Å². The molecular formula is C23H22FN9O2. The molecule has 3 aliphatic rings. The summed E-state index contributed by atoms with van der Waals surface area (Å²) in [7, 11) is 0. The molecule has 0 N–H and O–H groups in total. The molecular weight excluding hydrogens is 453 g/mol. The second-order valence-corrected chi connectivity index (χ2v) is 9.00. The molecule has 0 saturated carbocycles. The molecule has 11 nitrogen and oxygen atoms in total. The van der Waals surface area contributed by atoms with Crippen molar-refractivity contribution in [2.45, 2.75) is 30.9 Å². The van der Waals surface area contributed by atoms with Crippen LogP contribution >= 0.6 is 0 Å². The Labute approximate surface area is 200 Å². The fraction of sp³-hybridized carbons (Fsp3) is 0.435. The van der Waals surface area contributed by atoms with Crippen LogP contribution in [0.1, 0.15) is 35.3 Å². The lowest BCUT2D eigenvalue weighted by Gasteiger charge is -2.46. The standard InChI is InChI=1S/C23H22FN9O2/c1-25-20-8-14(2-4-18(20)24)21-11-31-6-7-32(10-15(31)12-35-21)22(34)16-3-5-19-17(16)9-26-23(28-19)33-13-27-29-30-33/h2,4,8-9,13,15-16,21H,3,5-7,10-12H2/t15-,16?,21-/m0/s1. The molecule has 178 valence electrons. The average molecular weight is 475 g/mol. The van der Waals surface area contributed by atoms with Crippen molar-refractivity contribution in [3.8, 4) is 5.95 Å². The van der Waals surface area contributed by atoms with Crippen molar-refractivity contribution in [2.75, 3.05) is 32.8 Å². The number of ether oxygens (including phenoxy) is 1. The number of aromatic nitrogens is 6. The van der Waals surface area contributed by atoms with Gasteiger partial charge in [0.25, 0.3) is 5.95 Å². The molecule has 3 atom stereocenters. The molecule has 35 heavy (non-hydrogen) atoms. The minimum absolute atomic E-state index is 0.00883. The summed E-state index contributed by atoms with van der Waals surface area (Å²) in [5.74, 6) is -0.267. The van der Waals surface area contributed by atoms with Crippen LogP contribution in [0.5, 0.6) is 0 Å². The number of benzene rings is 1. The van der Waals surface area contributed by atoms with Crippen molar-refractivity contribution in [3.05, 3.63) is 64.8 Å². The van der Waals surface area contributed by atoms with E-state index in [1.165, 1.54) is 17.1 Å². The van der Waals surface area contributed by atoms with Crippen LogP contribution in [0.3, 0.4) is 0 Å². The number of nitrogens with zero attached hydrogens (tertiary/aromatic N) is 9. The highest BCUT2D eigenvalue weighted by Crippen LogP contribution is 2.35. The normalized spacial score (nSPS) is 24.0. The second-order valence-electron chi connectivity index (χ2n) is 9.00. The van der Waals surface area contributed by atoms with Crippen molar-refractivity contribution in [2.24, 2.45) is 0 Å². The number of aryl methyl sites for hydroxylation is 1. The number of carbonyl (C=O) groups is 1. The maximum atomic E-state index is 13.7. The minimum Gasteiger partial charge on any atom is -0.371 e. The molecule has 2 aromatic heterocycles. The van der Waals surface area contributed by atoms with Crippen molar-refractivity contribution < 1.29 is 13.9 Å². The highest BCUT2D eigenvalue weighted by atomic mass is 19.1. The largest absolute Gasteiger partial charge is 0.371 e. The minimum atomic E-state index is -0.518. The van der Waals surface area contributed by atoms with Crippen molar-refractivity contribution in [1.29, 1.82) is 0 Å². The summed E-state index contributed by atoms with van der Waals surface area (Å²) in [5, 5.41) is 11.1. The lowest BCUT2D eigenvalue weighted by molar-refractivity contribution is -0.141. The van der Waals surface area contributed by atoms with Gasteiger partial charge in [-0.15, -0.1) is 5.10 Å². The first-order valence-electron chi connectivity index (χ1n) is 11.5. The number of piperazine rings is 1. The van der Waals surface area contributed by atoms with E-state index in [0.29, 0.717) is 45.0 Å². The maximum Gasteiger partial charge on any atom is 0.253 e. The van der Waals surface area contributed by atoms with Gasteiger partial charge in [-0.1, -0.05) is 6.07 Å². The lowest BCUT2D eigenvalue weighted by atomic mass is 9.99. The SMILES string of the molecule is [C-]#[N+]c1cc([C@@H]2CN3CCN(C(=O)C4CCc5nc(-n6cnnn6)ncc54)C[C@H]3CO2)ccc1F. The van der Waals surface area contributed by atoms with Crippen LogP contribution in [0.4, 0.5) is 10.1 Å². The molecule has 1 aromatic carbocycles. The van der Waals surface area contributed by atoms with E-state index in [-0.39, 0.29) is 29.7 Å². The van der Waals surface area contributed by atoms with E-state index >= 15 is 0 Å². The molecule has 4 heterocycles. The van der Waals surface area contributed by atoms with Gasteiger partial charge in [0.2, 0.25) is 11.6 Å². The summed E-state index contributed by atoms with van der Waals surface area (Å²) in [6.45, 7) is 10.2. The number of fused-ring (bicyclic) bond motifs is 2. The first-order chi connectivity index (χ1) is 17.1. The number of morpholine rings is 1. The Morgan fingerprint density at radius 3 is 3.00 bits per heavy atom. The number of hydrogen-bond acceptors (Lipinski definition) is 8. The summed E-state index contributed by atoms with van der Waals surface area (Å²) in [6.07, 6.45) is 4.36. The van der Waals surface area contributed by atoms with Gasteiger partial charge < -0.3 is 9.64 Å². The molecule has 12 heteroatoms. The zero-order chi connectivity index (χ0) is 23.9. The molecule has 2 fully saturated rings. The van der Waals surface area contributed by atoms with E-state index in [4.69, 9.17) is 11.3 Å². The summed E-state index contributed by atoms with van der Waals surface area (Å²) < 4.78 is 21.2. The van der Waals surface area contributed by atoms with Gasteiger partial charge in [0.15, 0.2) is 0 Å². The average Bonchev–Trinajstić information content (AvgIpc) is 3.58. The Morgan fingerprint density at radius 1 is 1.26 bits per heavy atom. The smallest absolute Gasteiger partial charge is 0.253 e. The molecule has 1 amide bonds. The third-order valence-electron chi connectivity index (χ3n) is 7.05. The molecule has 0 bridgehead atoms. The van der Waals surface area contributed by atoms with Gasteiger partial charge in [0.1, 0.15) is 12.1 Å². The molecule has 6 rings (SSSR count). The van der Waals surface area contributed by atoms with Crippen LogP contribution in [0.15, 0.2) is 30.7 Å². The van der Waals surface area contributed by atoms with Crippen molar-refractivity contribution >= 4 is 11.6 Å². The zero-order valence-corrected chi connectivity index (χ0v) is 18.8. The molecule has 0 spiro atoms. The topological polar surface area (TPSA) is 107 Å². The quantitative estimate of drug-likeness (QED) is 0.524. The van der Waals surface area contributed by atoms with Gasteiger partial charge in [-0.25, -0.2) is 19.2 Å². The molecule has 1 unspecified atom stereocenters. The first-order valence-corrected chi connectivity index (χ1v) is 11.5. The zero-order valence-electron chi connectivity index (χ0n) is 18.8. The van der Waals surface area contributed by atoms with Crippen LogP contribution in [0, 0.1) is 12.4 Å². The maximum absolute atomic E-state index is 13.7. The van der Waals surface area contributed by atoms with Crippen LogP contribution in [-0.2, 0) is 16.0 Å². The van der Waals surface area contributed by atoms with E-state index in [2.05, 4.69) is 35.2 Å². The molecule has 1 aliphatic carbocycles. The van der Waals surface area contributed by atoms with Crippen LogP contribution in [0.25, 0.3) is 10.8 Å². The number of rotatable bonds is 3. The fourth-order valence-corrected chi connectivity index (χ4v) is 5.19. The Balaban J connectivity index is 1.11. The third-order valence-corrected chi connectivity index (χ3v) is 7.05. The van der Waals surface area contributed by atoms with Crippen LogP contribution in [0.2, 0.25) is 0 Å². The van der Waals surface area contributed by atoms with Gasteiger partial charge in [-0.2, -0.15) is 4.68 Å². The predicted octanol–water partition coefficient (Wildman–Crippen LogP) is 1.46. The Hall–Kier alpha value is -3.82. The Bertz CT molecular complexity index is 1310. The lowest BCUT2D eigenvalue weighted by Crippen LogP contribution is -2.60. The molecule has 3 aromatic rings. The second kappa shape index (κ2) is 8.75. The number of carbonyl (C=O) groups excluding carboxylic acids is 1. The highest BCUT2D eigenvalue weighted by Gasteiger charge is 2.39. The van der Waals surface area contributed by atoms with Gasteiger partial charge in [0, 0.05) is 37.9 Å². The summed E-state index contributed by atoms with van der Waals surface area (Å²) in [6, 6.07) is 4.67. The van der Waals surface area contributed by atoms with E-state index < -0.39 is 5.82 Å². The Kier molecular flexibility index (Phi) is 5.43. The van der Waals surface area contributed by atoms with E-state index in [9.17, 15) is 9.18 Å². The van der Waals surface area contributed by atoms with Crippen LogP contribution < -0.4 is 0 Å². The van der Waals surface area contributed by atoms with Crippen molar-refractivity contribution in [1.82, 2.24) is 40.0 Å². The third kappa shape index (κ3) is 3.92. The van der Waals surface area contributed by atoms with Gasteiger partial charge in [0.05, 0.1) is 36.9 Å². The molecule has 0 radical (unpaired) electrons. The van der Waals surface area contributed by atoms with Gasteiger partial charge in [-0.05, 0) is 41.0 Å². The summed E-state index contributed by atoms with van der Waals surface area (Å²) >= 11 is 0. The monoisotopic (exact) mass is 475 g/mol. The number of hydrogen-bond donors (Lipinski definition) is 0. The summed E-state index contributed by atoms with van der Waals surface area (Å²) in [5.41, 5.74) is 2.55. The first kappa shape index (κ1) is 21.7. The predicted molar refractivity (Wildman–Crippen MR) is 119 cm³/mol. The molecule has 2 aliphatic heterocycles. The Morgan fingerprint density at radius 2 is 2.17 bits per heavy atom. The van der Waals surface area contributed by atoms with Gasteiger partial charge in [-0.3, -0.25) is 9.69 Å². The number of tetrazole rings is 1.